The summed E-state index contributed by atoms with van der Waals surface area (Å²) in [6.45, 7) is 0. The lowest BCUT2D eigenvalue weighted by atomic mass is 9.77. The van der Waals surface area contributed by atoms with Gasteiger partial charge in [0, 0.05) is 33.4 Å². The Morgan fingerprint density at radius 1 is 0.377 bits per heavy atom. The Morgan fingerprint density at radius 3 is 1.21 bits per heavy atom. The third-order valence-electron chi connectivity index (χ3n) is 11.2. The summed E-state index contributed by atoms with van der Waals surface area (Å²) in [4.78, 5) is 30.5. The van der Waals surface area contributed by atoms with Crippen molar-refractivity contribution in [3.05, 3.63) is 157 Å². The maximum absolute atomic E-state index is 5.22. The number of benzene rings is 6. The van der Waals surface area contributed by atoms with Gasteiger partial charge in [-0.1, -0.05) is 133 Å². The summed E-state index contributed by atoms with van der Waals surface area (Å²) in [7, 11) is 0. The Balaban J connectivity index is 1.14. The van der Waals surface area contributed by atoms with Crippen LogP contribution in [0.1, 0.15) is 37.7 Å². The van der Waals surface area contributed by atoms with Gasteiger partial charge >= 0.3 is 0 Å². The van der Waals surface area contributed by atoms with E-state index < -0.39 is 0 Å². The maximum Gasteiger partial charge on any atom is 0.164 e. The molecule has 0 amide bonds. The molecule has 0 N–H and O–H groups in total. The summed E-state index contributed by atoms with van der Waals surface area (Å²) in [6.07, 6.45) is 6.53. The zero-order chi connectivity index (χ0) is 35.2. The first kappa shape index (κ1) is 31.3. The van der Waals surface area contributed by atoms with Gasteiger partial charge in [-0.25, -0.2) is 29.9 Å². The number of nitrogens with zero attached hydrogens (tertiary/aromatic N) is 6. The fourth-order valence-electron chi connectivity index (χ4n) is 8.55. The van der Waals surface area contributed by atoms with Crippen LogP contribution in [0, 0.1) is 5.92 Å². The second kappa shape index (κ2) is 13.0. The van der Waals surface area contributed by atoms with Gasteiger partial charge in [0.05, 0.1) is 0 Å². The van der Waals surface area contributed by atoms with Crippen molar-refractivity contribution in [2.24, 2.45) is 5.92 Å². The molecule has 0 aliphatic heterocycles. The van der Waals surface area contributed by atoms with E-state index >= 15 is 0 Å². The van der Waals surface area contributed by atoms with Crippen LogP contribution >= 0.6 is 0 Å². The standard InChI is InChI=1S/C47H36N6/c1-4-13-32(14-5-1)41-48-42(33-15-6-2-7-16-33)51-45(50-41)39-23-24-40(38-22-11-10-21-37(38)39)46-52-43(34-17-8-3-9-18-34)49-44(53-46)35-19-12-20-36(29-35)47-27-25-31(30-47)26-28-47/h1-24,29,31H,25-28,30H2. The van der Waals surface area contributed by atoms with Crippen LogP contribution in [0.5, 0.6) is 0 Å². The number of rotatable bonds is 7. The molecule has 8 aromatic rings. The summed E-state index contributed by atoms with van der Waals surface area (Å²) < 4.78 is 0. The fraction of sp³-hybridized carbons (Fsp3) is 0.149. The average Bonchev–Trinajstić information content (AvgIpc) is 3.87. The van der Waals surface area contributed by atoms with Crippen LogP contribution in [0.4, 0.5) is 0 Å². The van der Waals surface area contributed by atoms with Crippen molar-refractivity contribution in [3.63, 3.8) is 0 Å². The first-order valence-corrected chi connectivity index (χ1v) is 18.5. The van der Waals surface area contributed by atoms with Gasteiger partial charge in [-0.05, 0) is 78.0 Å². The normalized spacial score (nSPS) is 17.7. The van der Waals surface area contributed by atoms with Gasteiger partial charge in [0.25, 0.3) is 0 Å². The van der Waals surface area contributed by atoms with Crippen molar-refractivity contribution in [1.29, 1.82) is 0 Å². The lowest BCUT2D eigenvalue weighted by Gasteiger charge is -2.27. The molecule has 2 heterocycles. The molecule has 53 heavy (non-hydrogen) atoms. The van der Waals surface area contributed by atoms with E-state index in [9.17, 15) is 0 Å². The Kier molecular flexibility index (Phi) is 7.68. The fourth-order valence-corrected chi connectivity index (χ4v) is 8.55. The van der Waals surface area contributed by atoms with Crippen LogP contribution in [0.2, 0.25) is 0 Å². The van der Waals surface area contributed by atoms with Crippen LogP contribution in [0.15, 0.2) is 152 Å². The summed E-state index contributed by atoms with van der Waals surface area (Å²) in [6, 6.07) is 51.9. The molecule has 6 nitrogen and oxygen atoms in total. The van der Waals surface area contributed by atoms with Crippen molar-refractivity contribution >= 4 is 10.8 Å². The topological polar surface area (TPSA) is 77.3 Å². The van der Waals surface area contributed by atoms with E-state index in [4.69, 9.17) is 29.9 Å². The van der Waals surface area contributed by atoms with Crippen molar-refractivity contribution in [2.75, 3.05) is 0 Å². The van der Waals surface area contributed by atoms with E-state index in [-0.39, 0.29) is 0 Å². The molecule has 0 saturated heterocycles. The molecule has 0 atom stereocenters. The number of hydrogen-bond donors (Lipinski definition) is 0. The van der Waals surface area contributed by atoms with Gasteiger partial charge < -0.3 is 0 Å². The molecule has 2 saturated carbocycles. The Hall–Kier alpha value is -6.40. The zero-order valence-electron chi connectivity index (χ0n) is 29.2. The van der Waals surface area contributed by atoms with Gasteiger partial charge in [-0.2, -0.15) is 0 Å². The Morgan fingerprint density at radius 2 is 0.774 bits per heavy atom. The van der Waals surface area contributed by atoms with E-state index in [0.717, 1.165) is 50.1 Å². The number of hydrogen-bond acceptors (Lipinski definition) is 6. The third-order valence-corrected chi connectivity index (χ3v) is 11.2. The van der Waals surface area contributed by atoms with Gasteiger partial charge in [0.15, 0.2) is 34.9 Å². The molecule has 2 aromatic heterocycles. The van der Waals surface area contributed by atoms with Gasteiger partial charge in [0.2, 0.25) is 0 Å². The highest BCUT2D eigenvalue weighted by molar-refractivity contribution is 6.03. The van der Waals surface area contributed by atoms with Crippen molar-refractivity contribution < 1.29 is 0 Å². The van der Waals surface area contributed by atoms with Crippen molar-refractivity contribution in [2.45, 2.75) is 37.5 Å². The first-order chi connectivity index (χ1) is 26.2. The molecule has 2 aliphatic rings. The third kappa shape index (κ3) is 5.77. The summed E-state index contributed by atoms with van der Waals surface area (Å²) in [5, 5.41) is 2.02. The minimum absolute atomic E-state index is 0.292. The van der Waals surface area contributed by atoms with Gasteiger partial charge in [-0.15, -0.1) is 0 Å². The van der Waals surface area contributed by atoms with E-state index in [2.05, 4.69) is 72.8 Å². The lowest BCUT2D eigenvalue weighted by Crippen LogP contribution is -2.19. The lowest BCUT2D eigenvalue weighted by molar-refractivity contribution is 0.419. The number of fused-ring (bicyclic) bond motifs is 3. The molecule has 0 radical (unpaired) electrons. The molecule has 10 rings (SSSR count). The molecule has 2 fully saturated rings. The molecule has 6 aromatic carbocycles. The molecular weight excluding hydrogens is 649 g/mol. The van der Waals surface area contributed by atoms with Crippen LogP contribution in [0.3, 0.4) is 0 Å². The summed E-state index contributed by atoms with van der Waals surface area (Å²) in [5.41, 5.74) is 7.41. The highest BCUT2D eigenvalue weighted by Gasteiger charge is 2.45. The van der Waals surface area contributed by atoms with Gasteiger partial charge in [-0.3, -0.25) is 0 Å². The molecular formula is C47H36N6. The predicted octanol–water partition coefficient (Wildman–Crippen LogP) is 11.0. The van der Waals surface area contributed by atoms with E-state index in [0.29, 0.717) is 40.4 Å². The van der Waals surface area contributed by atoms with E-state index in [1.54, 1.807) is 0 Å². The smallest absolute Gasteiger partial charge is 0.164 e. The monoisotopic (exact) mass is 684 g/mol. The predicted molar refractivity (Wildman–Crippen MR) is 212 cm³/mol. The zero-order valence-corrected chi connectivity index (χ0v) is 29.2. The molecule has 254 valence electrons. The van der Waals surface area contributed by atoms with Gasteiger partial charge in [0.1, 0.15) is 0 Å². The SMILES string of the molecule is c1ccc(-c2nc(-c3ccccc3)nc(-c3ccc(-c4nc(-c5ccccc5)nc(-c5cccc(C67CCC(CC6)C7)c5)n4)c4ccccc34)n2)cc1. The summed E-state index contributed by atoms with van der Waals surface area (Å²) in [5.74, 6) is 4.71. The minimum atomic E-state index is 0.292. The molecule has 0 unspecified atom stereocenters. The quantitative estimate of drug-likeness (QED) is 0.166. The second-order valence-electron chi connectivity index (χ2n) is 14.4. The second-order valence-corrected chi connectivity index (χ2v) is 14.4. The van der Waals surface area contributed by atoms with Crippen LogP contribution in [-0.4, -0.2) is 29.9 Å². The van der Waals surface area contributed by atoms with Crippen molar-refractivity contribution in [3.8, 4) is 68.3 Å². The molecule has 2 aliphatic carbocycles. The van der Waals surface area contributed by atoms with Crippen LogP contribution < -0.4 is 0 Å². The summed E-state index contributed by atoms with van der Waals surface area (Å²) >= 11 is 0. The first-order valence-electron chi connectivity index (χ1n) is 18.5. The highest BCUT2D eigenvalue weighted by atomic mass is 15.0. The molecule has 0 spiro atoms. The van der Waals surface area contributed by atoms with Crippen LogP contribution in [-0.2, 0) is 5.41 Å². The van der Waals surface area contributed by atoms with E-state index in [1.807, 2.05) is 78.9 Å². The van der Waals surface area contributed by atoms with Crippen molar-refractivity contribution in [1.82, 2.24) is 29.9 Å². The maximum atomic E-state index is 5.22. The van der Waals surface area contributed by atoms with E-state index in [1.165, 1.54) is 37.7 Å². The average molecular weight is 685 g/mol. The largest absolute Gasteiger partial charge is 0.208 e. The minimum Gasteiger partial charge on any atom is -0.208 e. The molecule has 2 bridgehead atoms. The molecule has 6 heteroatoms. The number of aromatic nitrogens is 6. The highest BCUT2D eigenvalue weighted by Crippen LogP contribution is 2.55. The Labute approximate surface area is 308 Å². The Bertz CT molecular complexity index is 2540. The van der Waals surface area contributed by atoms with Crippen LogP contribution in [0.25, 0.3) is 79.1 Å².